The van der Waals surface area contributed by atoms with Crippen molar-refractivity contribution in [1.29, 1.82) is 0 Å². The predicted molar refractivity (Wildman–Crippen MR) is 133 cm³/mol. The van der Waals surface area contributed by atoms with E-state index in [4.69, 9.17) is 0 Å². The maximum Gasteiger partial charge on any atom is 0.261 e. The number of rotatable bonds is 9. The lowest BCUT2D eigenvalue weighted by Gasteiger charge is -2.24. The molecule has 0 bridgehead atoms. The van der Waals surface area contributed by atoms with Gasteiger partial charge in [-0.05, 0) is 81.4 Å². The monoisotopic (exact) mass is 465 g/mol. The van der Waals surface area contributed by atoms with Crippen molar-refractivity contribution in [3.63, 3.8) is 0 Å². The van der Waals surface area contributed by atoms with Gasteiger partial charge in [0.1, 0.15) is 0 Å². The number of nitrogens with one attached hydrogen (secondary N) is 2. The van der Waals surface area contributed by atoms with Gasteiger partial charge in [0.2, 0.25) is 0 Å². The summed E-state index contributed by atoms with van der Waals surface area (Å²) in [6, 6.07) is 21.7. The van der Waals surface area contributed by atoms with E-state index in [9.17, 15) is 13.2 Å². The molecule has 2 N–H and O–H groups in total. The number of carbonyl (C=O) groups is 1. The van der Waals surface area contributed by atoms with Gasteiger partial charge in [-0.2, -0.15) is 0 Å². The first-order valence-electron chi connectivity index (χ1n) is 10.8. The highest BCUT2D eigenvalue weighted by Gasteiger charge is 2.18. The fraction of sp³-hybridized carbons (Fsp3) is 0.269. The second-order valence-electron chi connectivity index (χ2n) is 8.39. The van der Waals surface area contributed by atoms with Crippen LogP contribution in [0.2, 0.25) is 0 Å². The number of carbonyl (C=O) groups excluding carboxylic acids is 1. The van der Waals surface area contributed by atoms with Crippen molar-refractivity contribution in [2.24, 2.45) is 0 Å². The number of sulfonamides is 1. The van der Waals surface area contributed by atoms with E-state index in [1.165, 1.54) is 29.8 Å². The molecule has 1 amide bonds. The summed E-state index contributed by atoms with van der Waals surface area (Å²) >= 11 is 0. The van der Waals surface area contributed by atoms with Gasteiger partial charge in [-0.3, -0.25) is 9.52 Å². The van der Waals surface area contributed by atoms with Crippen molar-refractivity contribution in [2.75, 3.05) is 25.4 Å². The van der Waals surface area contributed by atoms with Crippen molar-refractivity contribution in [3.8, 4) is 0 Å². The van der Waals surface area contributed by atoms with Crippen molar-refractivity contribution < 1.29 is 13.2 Å². The Labute approximate surface area is 196 Å². The molecule has 33 heavy (non-hydrogen) atoms. The molecule has 3 aromatic carbocycles. The lowest BCUT2D eigenvalue weighted by Crippen LogP contribution is -2.41. The van der Waals surface area contributed by atoms with Crippen molar-refractivity contribution in [2.45, 2.75) is 31.2 Å². The summed E-state index contributed by atoms with van der Waals surface area (Å²) in [5, 5.41) is 2.97. The molecule has 0 saturated heterocycles. The van der Waals surface area contributed by atoms with Crippen molar-refractivity contribution in [1.82, 2.24) is 10.2 Å². The number of nitrogens with zero attached hydrogens (tertiary/aromatic N) is 1. The summed E-state index contributed by atoms with van der Waals surface area (Å²) in [6.07, 6.45) is 0.815. The summed E-state index contributed by atoms with van der Waals surface area (Å²) in [5.41, 5.74) is 4.05. The number of benzene rings is 3. The number of aryl methyl sites for hydroxylation is 1. The molecule has 0 aliphatic carbocycles. The van der Waals surface area contributed by atoms with E-state index in [0.29, 0.717) is 17.8 Å². The van der Waals surface area contributed by atoms with Crippen LogP contribution in [0.25, 0.3) is 0 Å². The summed E-state index contributed by atoms with van der Waals surface area (Å²) in [7, 11) is 0.222. The third-order valence-corrected chi connectivity index (χ3v) is 7.20. The number of hydrogen-bond acceptors (Lipinski definition) is 4. The average molecular weight is 466 g/mol. The molecule has 6 nitrogen and oxygen atoms in total. The van der Waals surface area contributed by atoms with Gasteiger partial charge in [-0.25, -0.2) is 8.42 Å². The van der Waals surface area contributed by atoms with Crippen LogP contribution >= 0.6 is 0 Å². The highest BCUT2D eigenvalue weighted by Crippen LogP contribution is 2.22. The molecule has 0 saturated carbocycles. The first-order valence-corrected chi connectivity index (χ1v) is 12.3. The largest absolute Gasteiger partial charge is 0.350 e. The molecule has 0 aromatic heterocycles. The van der Waals surface area contributed by atoms with E-state index >= 15 is 0 Å². The topological polar surface area (TPSA) is 78.5 Å². The summed E-state index contributed by atoms with van der Waals surface area (Å²) < 4.78 is 28.2. The SMILES string of the molecule is Cc1cccc(NS(=O)(=O)c2ccc(C(=O)NC[C@@H](Cc3ccccc3)N(C)C)cc2)c1C. The maximum absolute atomic E-state index is 12.8. The Balaban J connectivity index is 1.65. The molecule has 0 unspecified atom stereocenters. The van der Waals surface area contributed by atoms with Crippen LogP contribution in [0.15, 0.2) is 77.7 Å². The molecule has 0 fully saturated rings. The van der Waals surface area contributed by atoms with Gasteiger partial charge in [0.05, 0.1) is 10.6 Å². The Morgan fingerprint density at radius 2 is 1.58 bits per heavy atom. The third kappa shape index (κ3) is 6.43. The zero-order valence-corrected chi connectivity index (χ0v) is 20.3. The number of hydrogen-bond donors (Lipinski definition) is 2. The van der Waals surface area contributed by atoms with Gasteiger partial charge < -0.3 is 10.2 Å². The van der Waals surface area contributed by atoms with Crippen LogP contribution in [0, 0.1) is 13.8 Å². The van der Waals surface area contributed by atoms with Gasteiger partial charge in [0.25, 0.3) is 15.9 Å². The van der Waals surface area contributed by atoms with Gasteiger partial charge in [-0.15, -0.1) is 0 Å². The molecule has 0 spiro atoms. The molecule has 7 heteroatoms. The van der Waals surface area contributed by atoms with Crippen LogP contribution in [0.4, 0.5) is 5.69 Å². The highest BCUT2D eigenvalue weighted by molar-refractivity contribution is 7.92. The molecule has 0 radical (unpaired) electrons. The normalized spacial score (nSPS) is 12.4. The zero-order valence-electron chi connectivity index (χ0n) is 19.5. The third-order valence-electron chi connectivity index (χ3n) is 5.82. The fourth-order valence-corrected chi connectivity index (χ4v) is 4.61. The Hall–Kier alpha value is -3.16. The second-order valence-corrected chi connectivity index (χ2v) is 10.1. The van der Waals surface area contributed by atoms with Gasteiger partial charge in [-0.1, -0.05) is 42.5 Å². The van der Waals surface area contributed by atoms with Crippen LogP contribution < -0.4 is 10.0 Å². The Morgan fingerprint density at radius 1 is 0.909 bits per heavy atom. The Kier molecular flexibility index (Phi) is 7.89. The van der Waals surface area contributed by atoms with E-state index in [-0.39, 0.29) is 16.8 Å². The van der Waals surface area contributed by atoms with E-state index in [0.717, 1.165) is 17.5 Å². The lowest BCUT2D eigenvalue weighted by molar-refractivity contribution is 0.0941. The molecule has 3 aromatic rings. The maximum atomic E-state index is 12.8. The molecule has 174 valence electrons. The van der Waals surface area contributed by atoms with Crippen LogP contribution in [0.1, 0.15) is 27.0 Å². The first-order chi connectivity index (χ1) is 15.7. The predicted octanol–water partition coefficient (Wildman–Crippen LogP) is 4.01. The minimum absolute atomic E-state index is 0.107. The first kappa shape index (κ1) is 24.5. The zero-order chi connectivity index (χ0) is 24.0. The van der Waals surface area contributed by atoms with Gasteiger partial charge in [0.15, 0.2) is 0 Å². The molecule has 0 heterocycles. The van der Waals surface area contributed by atoms with Crippen LogP contribution in [0.5, 0.6) is 0 Å². The van der Waals surface area contributed by atoms with Gasteiger partial charge in [0, 0.05) is 18.2 Å². The summed E-state index contributed by atoms with van der Waals surface area (Å²) in [5.74, 6) is -0.235. The lowest BCUT2D eigenvalue weighted by atomic mass is 10.1. The smallest absolute Gasteiger partial charge is 0.261 e. The molecular weight excluding hydrogens is 434 g/mol. The number of likely N-dealkylation sites (N-methyl/N-ethyl adjacent to an activating group) is 1. The van der Waals surface area contributed by atoms with E-state index < -0.39 is 10.0 Å². The summed E-state index contributed by atoms with van der Waals surface area (Å²) in [6.45, 7) is 4.29. The minimum atomic E-state index is -3.75. The van der Waals surface area contributed by atoms with E-state index in [1.54, 1.807) is 6.07 Å². The number of anilines is 1. The Bertz CT molecular complexity index is 1190. The minimum Gasteiger partial charge on any atom is -0.350 e. The molecule has 0 aliphatic heterocycles. The molecule has 1 atom stereocenters. The Morgan fingerprint density at radius 3 is 2.21 bits per heavy atom. The second kappa shape index (κ2) is 10.6. The number of amides is 1. The van der Waals surface area contributed by atoms with Crippen molar-refractivity contribution in [3.05, 3.63) is 95.1 Å². The average Bonchev–Trinajstić information content (AvgIpc) is 2.80. The standard InChI is InChI=1S/C26H31N3O3S/c1-19-9-8-12-25(20(19)2)28-33(31,32)24-15-13-22(14-16-24)26(30)27-18-23(29(3)4)17-21-10-6-5-7-11-21/h5-16,23,28H,17-18H2,1-4H3,(H,27,30)/t23-/m1/s1. The van der Waals surface area contributed by atoms with E-state index in [2.05, 4.69) is 27.1 Å². The van der Waals surface area contributed by atoms with Crippen LogP contribution in [-0.2, 0) is 16.4 Å². The molecular formula is C26H31N3O3S. The van der Waals surface area contributed by atoms with Crippen LogP contribution in [-0.4, -0.2) is 45.9 Å². The highest BCUT2D eigenvalue weighted by atomic mass is 32.2. The van der Waals surface area contributed by atoms with Gasteiger partial charge >= 0.3 is 0 Å². The molecule has 0 aliphatic rings. The van der Waals surface area contributed by atoms with E-state index in [1.807, 2.05) is 58.3 Å². The van der Waals surface area contributed by atoms with Crippen LogP contribution in [0.3, 0.4) is 0 Å². The van der Waals surface area contributed by atoms with Crippen molar-refractivity contribution >= 4 is 21.6 Å². The fourth-order valence-electron chi connectivity index (χ4n) is 3.49. The molecule has 3 rings (SSSR count). The summed E-state index contributed by atoms with van der Waals surface area (Å²) in [4.78, 5) is 14.9. The quantitative estimate of drug-likeness (QED) is 0.501.